The van der Waals surface area contributed by atoms with Crippen LogP contribution in [0.15, 0.2) is 48.5 Å². The summed E-state index contributed by atoms with van der Waals surface area (Å²) in [5.74, 6) is 0.345. The van der Waals surface area contributed by atoms with Crippen LogP contribution in [0.5, 0.6) is 0 Å². The Morgan fingerprint density at radius 1 is 1.24 bits per heavy atom. The lowest BCUT2D eigenvalue weighted by molar-refractivity contribution is 0.625. The topological polar surface area (TPSA) is 41.6 Å². The van der Waals surface area contributed by atoms with Crippen molar-refractivity contribution in [3.63, 3.8) is 0 Å². The molecule has 3 rings (SSSR count). The molecule has 3 aromatic rings. The van der Waals surface area contributed by atoms with Crippen molar-refractivity contribution < 1.29 is 4.39 Å². The second kappa shape index (κ2) is 5.37. The molecule has 0 saturated carbocycles. The number of hydrogen-bond acceptors (Lipinski definition) is 2. The molecule has 0 N–H and O–H groups in total. The lowest BCUT2D eigenvalue weighted by atomic mass is 10.1. The number of halogens is 1. The van der Waals surface area contributed by atoms with Crippen LogP contribution in [0.1, 0.15) is 24.4 Å². The summed E-state index contributed by atoms with van der Waals surface area (Å²) >= 11 is 0. The minimum absolute atomic E-state index is 0.0324. The smallest absolute Gasteiger partial charge is 0.125 e. The highest BCUT2D eigenvalue weighted by atomic mass is 19.1. The molecule has 1 aromatic heterocycles. The fourth-order valence-electron chi connectivity index (χ4n) is 2.63. The normalized spacial score (nSPS) is 12.2. The molecule has 0 aliphatic heterocycles. The highest BCUT2D eigenvalue weighted by Gasteiger charge is 2.17. The Balaban J connectivity index is 2.20. The summed E-state index contributed by atoms with van der Waals surface area (Å²) < 4.78 is 15.4. The number of hydrogen-bond donors (Lipinski definition) is 0. The summed E-state index contributed by atoms with van der Waals surface area (Å²) in [6.07, 6.45) is 0.202. The summed E-state index contributed by atoms with van der Waals surface area (Å²) in [6.45, 7) is 2.06. The Labute approximate surface area is 122 Å². The van der Waals surface area contributed by atoms with Gasteiger partial charge in [-0.25, -0.2) is 9.37 Å². The van der Waals surface area contributed by atoms with Crippen molar-refractivity contribution >= 4 is 11.0 Å². The highest BCUT2D eigenvalue weighted by molar-refractivity contribution is 5.76. The minimum atomic E-state index is -0.317. The number of aromatic nitrogens is 2. The third-order valence-corrected chi connectivity index (χ3v) is 3.63. The molecule has 0 aliphatic carbocycles. The maximum absolute atomic E-state index is 13.4. The van der Waals surface area contributed by atoms with Crippen molar-refractivity contribution in [1.29, 1.82) is 5.26 Å². The number of fused-ring (bicyclic) bond motifs is 1. The second-order valence-corrected chi connectivity index (χ2v) is 4.95. The molecule has 0 aliphatic rings. The van der Waals surface area contributed by atoms with E-state index in [0.717, 1.165) is 11.1 Å². The van der Waals surface area contributed by atoms with Gasteiger partial charge in [0.25, 0.3) is 0 Å². The van der Waals surface area contributed by atoms with Crippen LogP contribution in [0.2, 0.25) is 0 Å². The van der Waals surface area contributed by atoms with Crippen molar-refractivity contribution in [2.45, 2.75) is 19.4 Å². The number of nitrogens with zero attached hydrogens (tertiary/aromatic N) is 3. The first kappa shape index (κ1) is 13.3. The van der Waals surface area contributed by atoms with E-state index in [0.29, 0.717) is 11.3 Å². The molecule has 0 saturated heterocycles. The molecule has 0 amide bonds. The van der Waals surface area contributed by atoms with Gasteiger partial charge in [-0.1, -0.05) is 30.3 Å². The fraction of sp³-hybridized carbons (Fsp3) is 0.176. The average Bonchev–Trinajstić information content (AvgIpc) is 2.85. The first-order chi connectivity index (χ1) is 10.2. The Bertz CT molecular complexity index is 815. The third-order valence-electron chi connectivity index (χ3n) is 3.63. The predicted octanol–water partition coefficient (Wildman–Crippen LogP) is 3.85. The van der Waals surface area contributed by atoms with Crippen molar-refractivity contribution in [2.75, 3.05) is 0 Å². The van der Waals surface area contributed by atoms with E-state index in [4.69, 9.17) is 5.26 Å². The van der Waals surface area contributed by atoms with E-state index >= 15 is 0 Å². The maximum atomic E-state index is 13.4. The lowest BCUT2D eigenvalue weighted by Gasteiger charge is -2.17. The zero-order valence-corrected chi connectivity index (χ0v) is 11.6. The van der Waals surface area contributed by atoms with Crippen molar-refractivity contribution in [1.82, 2.24) is 9.55 Å². The monoisotopic (exact) mass is 279 g/mol. The quantitative estimate of drug-likeness (QED) is 0.730. The van der Waals surface area contributed by atoms with E-state index in [1.807, 2.05) is 34.9 Å². The van der Waals surface area contributed by atoms with Crippen LogP contribution in [0, 0.1) is 17.1 Å². The average molecular weight is 279 g/mol. The van der Waals surface area contributed by atoms with Crippen molar-refractivity contribution in [2.24, 2.45) is 0 Å². The van der Waals surface area contributed by atoms with Gasteiger partial charge in [-0.2, -0.15) is 5.26 Å². The summed E-state index contributed by atoms with van der Waals surface area (Å²) in [5.41, 5.74) is 2.56. The molecule has 104 valence electrons. The Morgan fingerprint density at radius 2 is 2.00 bits per heavy atom. The molecule has 21 heavy (non-hydrogen) atoms. The first-order valence-corrected chi connectivity index (χ1v) is 6.79. The number of benzene rings is 2. The fourth-order valence-corrected chi connectivity index (χ4v) is 2.63. The van der Waals surface area contributed by atoms with Gasteiger partial charge in [-0.15, -0.1) is 0 Å². The lowest BCUT2D eigenvalue weighted by Crippen LogP contribution is -2.10. The van der Waals surface area contributed by atoms with Crippen molar-refractivity contribution in [3.8, 4) is 6.07 Å². The van der Waals surface area contributed by atoms with E-state index in [2.05, 4.69) is 18.0 Å². The summed E-state index contributed by atoms with van der Waals surface area (Å²) in [4.78, 5) is 4.41. The second-order valence-electron chi connectivity index (χ2n) is 4.95. The van der Waals surface area contributed by atoms with Gasteiger partial charge in [0.1, 0.15) is 11.6 Å². The van der Waals surface area contributed by atoms with E-state index < -0.39 is 0 Å². The maximum Gasteiger partial charge on any atom is 0.125 e. The van der Waals surface area contributed by atoms with Gasteiger partial charge < -0.3 is 4.57 Å². The van der Waals surface area contributed by atoms with Crippen LogP contribution in [0.3, 0.4) is 0 Å². The zero-order valence-electron chi connectivity index (χ0n) is 11.6. The summed E-state index contributed by atoms with van der Waals surface area (Å²) in [7, 11) is 0. The summed E-state index contributed by atoms with van der Waals surface area (Å²) in [6, 6.07) is 16.7. The van der Waals surface area contributed by atoms with Gasteiger partial charge in [0.2, 0.25) is 0 Å². The van der Waals surface area contributed by atoms with Crippen LogP contribution < -0.4 is 0 Å². The highest BCUT2D eigenvalue weighted by Crippen LogP contribution is 2.26. The number of rotatable bonds is 3. The van der Waals surface area contributed by atoms with E-state index in [1.165, 1.54) is 12.1 Å². The third kappa shape index (κ3) is 2.38. The van der Waals surface area contributed by atoms with Crippen LogP contribution >= 0.6 is 0 Å². The Morgan fingerprint density at radius 3 is 2.71 bits per heavy atom. The molecule has 3 nitrogen and oxygen atoms in total. The number of imidazole rings is 1. The number of nitriles is 1. The standard InChI is InChI=1S/C17H14FN3/c1-12(13-5-3-2-4-6-13)21-16-8-7-14(18)11-15(16)20-17(21)9-10-19/h2-8,11-12H,9H2,1H3. The molecule has 0 radical (unpaired) electrons. The minimum Gasteiger partial charge on any atom is -0.320 e. The van der Waals surface area contributed by atoms with Gasteiger partial charge in [0.15, 0.2) is 0 Å². The molecule has 1 atom stereocenters. The molecular formula is C17H14FN3. The van der Waals surface area contributed by atoms with Crippen LogP contribution in [0.4, 0.5) is 4.39 Å². The largest absolute Gasteiger partial charge is 0.320 e. The molecule has 0 bridgehead atoms. The van der Waals surface area contributed by atoms with Gasteiger partial charge in [-0.05, 0) is 24.6 Å². The molecule has 2 aromatic carbocycles. The molecular weight excluding hydrogens is 265 g/mol. The van der Waals surface area contributed by atoms with Crippen LogP contribution in [0.25, 0.3) is 11.0 Å². The SMILES string of the molecule is CC(c1ccccc1)n1c(CC#N)nc2cc(F)ccc21. The van der Waals surface area contributed by atoms with Crippen LogP contribution in [-0.2, 0) is 6.42 Å². The Hall–Kier alpha value is -2.67. The van der Waals surface area contributed by atoms with Crippen molar-refractivity contribution in [3.05, 3.63) is 65.7 Å². The van der Waals surface area contributed by atoms with Crippen LogP contribution in [-0.4, -0.2) is 9.55 Å². The van der Waals surface area contributed by atoms with Gasteiger partial charge in [-0.3, -0.25) is 0 Å². The molecule has 1 unspecified atom stereocenters. The van der Waals surface area contributed by atoms with E-state index in [1.54, 1.807) is 6.07 Å². The van der Waals surface area contributed by atoms with E-state index in [9.17, 15) is 4.39 Å². The molecule has 1 heterocycles. The van der Waals surface area contributed by atoms with Gasteiger partial charge in [0.05, 0.1) is 29.6 Å². The zero-order chi connectivity index (χ0) is 14.8. The Kier molecular flexibility index (Phi) is 3.41. The molecule has 0 spiro atoms. The summed E-state index contributed by atoms with van der Waals surface area (Å²) in [5, 5.41) is 9.00. The molecule has 4 heteroatoms. The molecule has 0 fully saturated rings. The van der Waals surface area contributed by atoms with Gasteiger partial charge in [0, 0.05) is 6.07 Å². The van der Waals surface area contributed by atoms with Gasteiger partial charge >= 0.3 is 0 Å². The van der Waals surface area contributed by atoms with E-state index in [-0.39, 0.29) is 18.3 Å². The first-order valence-electron chi connectivity index (χ1n) is 6.79. The predicted molar refractivity (Wildman–Crippen MR) is 79.3 cm³/mol.